The van der Waals surface area contributed by atoms with E-state index in [2.05, 4.69) is 5.32 Å². The van der Waals surface area contributed by atoms with Gasteiger partial charge in [-0.05, 0) is 61.9 Å². The predicted molar refractivity (Wildman–Crippen MR) is 130 cm³/mol. The number of rotatable bonds is 12. The fourth-order valence-electron chi connectivity index (χ4n) is 2.83. The maximum atomic E-state index is 10.8. The van der Waals surface area contributed by atoms with Gasteiger partial charge in [-0.3, -0.25) is 14.4 Å². The van der Waals surface area contributed by atoms with Crippen LogP contribution >= 0.6 is 0 Å². The van der Waals surface area contributed by atoms with Crippen LogP contribution in [-0.4, -0.2) is 52.3 Å². The summed E-state index contributed by atoms with van der Waals surface area (Å²) in [6.07, 6.45) is 1.87. The molecular formula is C25H33N3O6. The molecule has 0 aliphatic rings. The van der Waals surface area contributed by atoms with Gasteiger partial charge in [0.2, 0.25) is 0 Å². The van der Waals surface area contributed by atoms with Gasteiger partial charge >= 0.3 is 11.9 Å². The lowest BCUT2D eigenvalue weighted by Crippen LogP contribution is -2.32. The van der Waals surface area contributed by atoms with Crippen molar-refractivity contribution in [3.05, 3.63) is 65.2 Å². The summed E-state index contributed by atoms with van der Waals surface area (Å²) in [6.45, 7) is 3.36. The molecule has 7 N–H and O–H groups in total. The fourth-order valence-corrected chi connectivity index (χ4v) is 2.83. The Labute approximate surface area is 199 Å². The number of anilines is 1. The summed E-state index contributed by atoms with van der Waals surface area (Å²) in [5.41, 5.74) is 14.5. The number of benzene rings is 2. The molecule has 184 valence electrons. The highest BCUT2D eigenvalue weighted by molar-refractivity contribution is 5.80. The first kappa shape index (κ1) is 28.5. The third kappa shape index (κ3) is 11.9. The number of nitrogens with one attached hydrogen (secondary N) is 1. The van der Waals surface area contributed by atoms with Crippen LogP contribution in [-0.2, 0) is 38.4 Å². The molecule has 9 nitrogen and oxygen atoms in total. The van der Waals surface area contributed by atoms with Crippen LogP contribution in [0.1, 0.15) is 37.0 Å². The minimum atomic E-state index is -1.01. The van der Waals surface area contributed by atoms with Crippen molar-refractivity contribution in [3.63, 3.8) is 0 Å². The summed E-state index contributed by atoms with van der Waals surface area (Å²) in [5.74, 6) is -1.78. The summed E-state index contributed by atoms with van der Waals surface area (Å²) in [4.78, 5) is 42.7. The van der Waals surface area contributed by atoms with Crippen LogP contribution in [0.25, 0.3) is 0 Å². The second kappa shape index (κ2) is 14.6. The van der Waals surface area contributed by atoms with E-state index in [0.29, 0.717) is 19.3 Å². The molecule has 0 amide bonds. The minimum Gasteiger partial charge on any atom is -0.480 e. The van der Waals surface area contributed by atoms with Gasteiger partial charge in [0.1, 0.15) is 23.7 Å². The average Bonchev–Trinajstić information content (AvgIpc) is 2.78. The third-order valence-electron chi connectivity index (χ3n) is 4.83. The maximum absolute atomic E-state index is 10.8. The van der Waals surface area contributed by atoms with Gasteiger partial charge in [0.15, 0.2) is 0 Å². The van der Waals surface area contributed by atoms with E-state index in [0.717, 1.165) is 28.8 Å². The molecule has 9 heteroatoms. The molecule has 2 unspecified atom stereocenters. The van der Waals surface area contributed by atoms with Gasteiger partial charge in [-0.1, -0.05) is 36.4 Å². The molecule has 2 aromatic carbocycles. The Balaban J connectivity index is 0.000000340. The van der Waals surface area contributed by atoms with Crippen LogP contribution in [0.2, 0.25) is 0 Å². The van der Waals surface area contributed by atoms with E-state index in [1.165, 1.54) is 6.92 Å². The van der Waals surface area contributed by atoms with E-state index in [-0.39, 0.29) is 18.1 Å². The Hall–Kier alpha value is -3.56. The quantitative estimate of drug-likeness (QED) is 0.309. The van der Waals surface area contributed by atoms with Crippen molar-refractivity contribution in [1.29, 1.82) is 0 Å². The Morgan fingerprint density at radius 3 is 1.53 bits per heavy atom. The fraction of sp³-hybridized carbons (Fsp3) is 0.360. The van der Waals surface area contributed by atoms with Gasteiger partial charge in [0.25, 0.3) is 0 Å². The average molecular weight is 472 g/mol. The van der Waals surface area contributed by atoms with Crippen molar-refractivity contribution < 1.29 is 29.4 Å². The number of carboxylic acids is 2. The first-order chi connectivity index (χ1) is 16.0. The lowest BCUT2D eigenvalue weighted by Gasteiger charge is -2.08. The normalized spacial score (nSPS) is 12.0. The highest BCUT2D eigenvalue weighted by Gasteiger charge is 2.12. The van der Waals surface area contributed by atoms with Crippen molar-refractivity contribution in [2.24, 2.45) is 11.5 Å². The molecule has 0 heterocycles. The molecule has 2 aromatic rings. The summed E-state index contributed by atoms with van der Waals surface area (Å²) in [5, 5.41) is 20.3. The lowest BCUT2D eigenvalue weighted by molar-refractivity contribution is -0.139. The number of aryl methyl sites for hydroxylation is 1. The number of nitrogens with two attached hydrogens (primary N) is 2. The number of ketones is 2. The van der Waals surface area contributed by atoms with Gasteiger partial charge in [-0.25, -0.2) is 0 Å². The first-order valence-electron chi connectivity index (χ1n) is 10.8. The van der Waals surface area contributed by atoms with Crippen LogP contribution in [0.3, 0.4) is 0 Å². The molecule has 0 radical (unpaired) electrons. The standard InChI is InChI=1S/C13H17NO3.C12H16N2O3/c1-9(15)2-3-10-4-6-11(7-5-10)8-12(14)13(16)17;1-8(15)7-14-10-4-2-9(3-5-10)6-11(13)12(16)17/h4-7,12H,2-3,8,14H2,1H3,(H,16,17);2-5,11,14H,6-7,13H2,1H3,(H,16,17). The number of carboxylic acid groups (broad SMARTS) is 2. The van der Waals surface area contributed by atoms with Crippen molar-refractivity contribution in [1.82, 2.24) is 0 Å². The van der Waals surface area contributed by atoms with E-state index in [9.17, 15) is 19.2 Å². The maximum Gasteiger partial charge on any atom is 0.320 e. The number of hydrogen-bond acceptors (Lipinski definition) is 7. The van der Waals surface area contributed by atoms with Crippen molar-refractivity contribution in [2.75, 3.05) is 11.9 Å². The number of carbonyl (C=O) groups excluding carboxylic acids is 2. The van der Waals surface area contributed by atoms with Gasteiger partial charge in [0.05, 0.1) is 6.54 Å². The highest BCUT2D eigenvalue weighted by atomic mass is 16.4. The first-order valence-corrected chi connectivity index (χ1v) is 10.8. The zero-order chi connectivity index (χ0) is 25.7. The summed E-state index contributed by atoms with van der Waals surface area (Å²) < 4.78 is 0. The zero-order valence-electron chi connectivity index (χ0n) is 19.5. The number of aliphatic carboxylic acids is 2. The SMILES string of the molecule is CC(=O)CCc1ccc(CC(N)C(=O)O)cc1.CC(=O)CNc1ccc(CC(N)C(=O)O)cc1. The second-order valence-corrected chi connectivity index (χ2v) is 8.07. The predicted octanol–water partition coefficient (Wildman–Crippen LogP) is 1.80. The Bertz CT molecular complexity index is 878. The molecule has 0 fully saturated rings. The molecule has 0 spiro atoms. The van der Waals surface area contributed by atoms with Crippen LogP contribution in [0.15, 0.2) is 48.5 Å². The Kier molecular flexibility index (Phi) is 12.2. The van der Waals surface area contributed by atoms with Crippen LogP contribution in [0.4, 0.5) is 5.69 Å². The zero-order valence-corrected chi connectivity index (χ0v) is 19.5. The summed E-state index contributed by atoms with van der Waals surface area (Å²) in [7, 11) is 0. The van der Waals surface area contributed by atoms with E-state index < -0.39 is 24.0 Å². The molecule has 2 rings (SSSR count). The molecule has 0 saturated heterocycles. The largest absolute Gasteiger partial charge is 0.480 e. The highest BCUT2D eigenvalue weighted by Crippen LogP contribution is 2.11. The molecule has 0 bridgehead atoms. The van der Waals surface area contributed by atoms with E-state index in [1.807, 2.05) is 24.3 Å². The van der Waals surface area contributed by atoms with E-state index >= 15 is 0 Å². The Morgan fingerprint density at radius 2 is 1.15 bits per heavy atom. The van der Waals surface area contributed by atoms with Crippen molar-refractivity contribution >= 4 is 29.2 Å². The van der Waals surface area contributed by atoms with Crippen LogP contribution in [0.5, 0.6) is 0 Å². The van der Waals surface area contributed by atoms with Crippen molar-refractivity contribution in [3.8, 4) is 0 Å². The molecule has 0 aliphatic carbocycles. The summed E-state index contributed by atoms with van der Waals surface area (Å²) >= 11 is 0. The Morgan fingerprint density at radius 1 is 0.735 bits per heavy atom. The smallest absolute Gasteiger partial charge is 0.320 e. The molecule has 34 heavy (non-hydrogen) atoms. The summed E-state index contributed by atoms with van der Waals surface area (Å²) in [6, 6.07) is 13.0. The van der Waals surface area contributed by atoms with Gasteiger partial charge in [0, 0.05) is 12.1 Å². The molecule has 0 aromatic heterocycles. The van der Waals surface area contributed by atoms with Gasteiger partial charge in [-0.2, -0.15) is 0 Å². The minimum absolute atomic E-state index is 0.0574. The van der Waals surface area contributed by atoms with E-state index in [1.54, 1.807) is 31.2 Å². The number of Topliss-reactive ketones (excluding diaryl/α,β-unsaturated/α-hetero) is 2. The van der Waals surface area contributed by atoms with Gasteiger partial charge < -0.3 is 31.8 Å². The topological polar surface area (TPSA) is 173 Å². The monoisotopic (exact) mass is 471 g/mol. The second-order valence-electron chi connectivity index (χ2n) is 8.07. The van der Waals surface area contributed by atoms with Crippen LogP contribution in [0, 0.1) is 0 Å². The molecule has 0 aliphatic heterocycles. The lowest BCUT2D eigenvalue weighted by atomic mass is 10.0. The van der Waals surface area contributed by atoms with E-state index in [4.69, 9.17) is 21.7 Å². The molecule has 0 saturated carbocycles. The van der Waals surface area contributed by atoms with Crippen molar-refractivity contribution in [2.45, 2.75) is 51.6 Å². The number of carbonyl (C=O) groups is 4. The third-order valence-corrected chi connectivity index (χ3v) is 4.83. The number of hydrogen-bond donors (Lipinski definition) is 5. The molecular weight excluding hydrogens is 438 g/mol. The molecule has 2 atom stereocenters. The van der Waals surface area contributed by atoms with Crippen LogP contribution < -0.4 is 16.8 Å². The van der Waals surface area contributed by atoms with Gasteiger partial charge in [-0.15, -0.1) is 0 Å².